The number of carbonyl (C=O) groups excluding carboxylic acids is 2. The number of piperidine rings is 1. The summed E-state index contributed by atoms with van der Waals surface area (Å²) < 4.78 is 5.16. The van der Waals surface area contributed by atoms with Crippen LogP contribution in [0.2, 0.25) is 0 Å². The molecule has 7 heteroatoms. The molecular weight excluding hydrogens is 344 g/mol. The van der Waals surface area contributed by atoms with Gasteiger partial charge in [0.1, 0.15) is 0 Å². The van der Waals surface area contributed by atoms with Gasteiger partial charge in [0.15, 0.2) is 5.96 Å². The van der Waals surface area contributed by atoms with Crippen molar-refractivity contribution in [3.63, 3.8) is 0 Å². The van der Waals surface area contributed by atoms with Gasteiger partial charge in [-0.1, -0.05) is 18.2 Å². The molecule has 1 saturated heterocycles. The third kappa shape index (κ3) is 6.58. The number of hydrogen-bond acceptors (Lipinski definition) is 4. The summed E-state index contributed by atoms with van der Waals surface area (Å²) in [5.41, 5.74) is 0.640. The van der Waals surface area contributed by atoms with Crippen molar-refractivity contribution in [3.05, 3.63) is 35.9 Å². The molecule has 1 fully saturated rings. The van der Waals surface area contributed by atoms with Crippen LogP contribution in [0.25, 0.3) is 0 Å². The Hall–Kier alpha value is -2.57. The average Bonchev–Trinajstić information content (AvgIpc) is 2.71. The molecule has 1 amide bonds. The minimum atomic E-state index is -0.131. The van der Waals surface area contributed by atoms with Crippen LogP contribution in [0.3, 0.4) is 0 Å². The Labute approximate surface area is 161 Å². The van der Waals surface area contributed by atoms with E-state index in [1.54, 1.807) is 12.1 Å². The van der Waals surface area contributed by atoms with Gasteiger partial charge in [-0.05, 0) is 38.8 Å². The molecule has 0 aromatic heterocycles. The maximum absolute atomic E-state index is 12.1. The van der Waals surface area contributed by atoms with Crippen molar-refractivity contribution in [2.24, 2.45) is 10.9 Å². The zero-order valence-electron chi connectivity index (χ0n) is 16.2. The lowest BCUT2D eigenvalue weighted by Gasteiger charge is -2.34. The summed E-state index contributed by atoms with van der Waals surface area (Å²) in [7, 11) is 0. The molecule has 1 aliphatic rings. The van der Waals surface area contributed by atoms with Gasteiger partial charge in [-0.15, -0.1) is 0 Å². The van der Waals surface area contributed by atoms with Crippen molar-refractivity contribution in [1.29, 1.82) is 0 Å². The fourth-order valence-electron chi connectivity index (χ4n) is 3.07. The summed E-state index contributed by atoms with van der Waals surface area (Å²) in [6.45, 7) is 7.39. The van der Waals surface area contributed by atoms with Crippen molar-refractivity contribution < 1.29 is 14.3 Å². The number of benzene rings is 1. The quantitative estimate of drug-likeness (QED) is 0.328. The number of hydrogen-bond donors (Lipinski definition) is 2. The number of nitrogens with one attached hydrogen (secondary N) is 2. The van der Waals surface area contributed by atoms with Crippen molar-refractivity contribution in [2.45, 2.75) is 26.7 Å². The first-order chi connectivity index (χ1) is 13.2. The number of amides is 1. The molecular formula is C20H30N4O3. The number of nitrogens with zero attached hydrogens (tertiary/aromatic N) is 2. The van der Waals surface area contributed by atoms with Crippen LogP contribution in [0.5, 0.6) is 0 Å². The van der Waals surface area contributed by atoms with Crippen LogP contribution < -0.4 is 10.6 Å². The smallest absolute Gasteiger partial charge is 0.310 e. The highest BCUT2D eigenvalue weighted by Gasteiger charge is 2.28. The fraction of sp³-hybridized carbons (Fsp3) is 0.550. The van der Waals surface area contributed by atoms with Crippen molar-refractivity contribution in [1.82, 2.24) is 15.5 Å². The monoisotopic (exact) mass is 374 g/mol. The standard InChI is InChI=1S/C20H30N4O3/c1-3-21-20(24-14-8-11-17(15-24)19(26)27-4-2)23-13-12-22-18(25)16-9-6-5-7-10-16/h5-7,9-10,17H,3-4,8,11-15H2,1-2H3,(H,21,23)(H,22,25). The predicted octanol–water partition coefficient (Wildman–Crippen LogP) is 1.66. The number of guanidine groups is 1. The van der Waals surface area contributed by atoms with E-state index in [4.69, 9.17) is 4.74 Å². The van der Waals surface area contributed by atoms with Gasteiger partial charge < -0.3 is 20.3 Å². The van der Waals surface area contributed by atoms with Crippen LogP contribution in [-0.4, -0.2) is 62.1 Å². The van der Waals surface area contributed by atoms with Gasteiger partial charge in [0.25, 0.3) is 5.91 Å². The predicted molar refractivity (Wildman–Crippen MR) is 106 cm³/mol. The molecule has 0 spiro atoms. The summed E-state index contributed by atoms with van der Waals surface area (Å²) in [4.78, 5) is 30.8. The third-order valence-electron chi connectivity index (χ3n) is 4.37. The molecule has 1 aromatic carbocycles. The van der Waals surface area contributed by atoms with E-state index < -0.39 is 0 Å². The van der Waals surface area contributed by atoms with Crippen LogP contribution in [0, 0.1) is 5.92 Å². The largest absolute Gasteiger partial charge is 0.466 e. The van der Waals surface area contributed by atoms with E-state index in [2.05, 4.69) is 20.5 Å². The molecule has 2 N–H and O–H groups in total. The van der Waals surface area contributed by atoms with Crippen LogP contribution in [0.15, 0.2) is 35.3 Å². The minimum Gasteiger partial charge on any atom is -0.466 e. The number of aliphatic imine (C=N–C) groups is 1. The molecule has 1 aliphatic heterocycles. The van der Waals surface area contributed by atoms with E-state index in [1.165, 1.54) is 0 Å². The lowest BCUT2D eigenvalue weighted by atomic mass is 9.98. The molecule has 0 saturated carbocycles. The fourth-order valence-corrected chi connectivity index (χ4v) is 3.07. The summed E-state index contributed by atoms with van der Waals surface area (Å²) in [5, 5.41) is 6.15. The van der Waals surface area contributed by atoms with Gasteiger partial charge >= 0.3 is 5.97 Å². The van der Waals surface area contributed by atoms with E-state index >= 15 is 0 Å². The SMILES string of the molecule is CCNC(=NCCNC(=O)c1ccccc1)N1CCCC(C(=O)OCC)C1. The Morgan fingerprint density at radius 3 is 2.70 bits per heavy atom. The van der Waals surface area contributed by atoms with Gasteiger partial charge in [-0.25, -0.2) is 0 Å². The van der Waals surface area contributed by atoms with Crippen LogP contribution >= 0.6 is 0 Å². The topological polar surface area (TPSA) is 83.0 Å². The average molecular weight is 374 g/mol. The molecule has 1 heterocycles. The summed E-state index contributed by atoms with van der Waals surface area (Å²) in [6, 6.07) is 9.13. The minimum absolute atomic E-state index is 0.101. The normalized spacial score (nSPS) is 17.3. The Kier molecular flexibility index (Phi) is 8.61. The van der Waals surface area contributed by atoms with Crippen LogP contribution in [-0.2, 0) is 9.53 Å². The molecule has 1 atom stereocenters. The maximum Gasteiger partial charge on any atom is 0.310 e. The van der Waals surface area contributed by atoms with Crippen molar-refractivity contribution in [2.75, 3.05) is 39.3 Å². The summed E-state index contributed by atoms with van der Waals surface area (Å²) in [6.07, 6.45) is 1.78. The number of esters is 1. The molecule has 2 rings (SSSR count). The summed E-state index contributed by atoms with van der Waals surface area (Å²) >= 11 is 0. The van der Waals surface area contributed by atoms with Gasteiger partial charge in [-0.3, -0.25) is 14.6 Å². The molecule has 0 bridgehead atoms. The van der Waals surface area contributed by atoms with Crippen LogP contribution in [0.1, 0.15) is 37.0 Å². The second kappa shape index (κ2) is 11.2. The van der Waals surface area contributed by atoms with Crippen molar-refractivity contribution >= 4 is 17.8 Å². The third-order valence-corrected chi connectivity index (χ3v) is 4.37. The second-order valence-corrected chi connectivity index (χ2v) is 6.39. The zero-order valence-corrected chi connectivity index (χ0v) is 16.2. The van der Waals surface area contributed by atoms with Gasteiger partial charge in [0.05, 0.1) is 19.1 Å². The number of ether oxygens (including phenoxy) is 1. The Morgan fingerprint density at radius 2 is 2.00 bits per heavy atom. The highest BCUT2D eigenvalue weighted by Crippen LogP contribution is 2.18. The van der Waals surface area contributed by atoms with E-state index in [0.717, 1.165) is 31.9 Å². The maximum atomic E-state index is 12.1. The van der Waals surface area contributed by atoms with Gasteiger partial charge in [0.2, 0.25) is 0 Å². The molecule has 0 aliphatic carbocycles. The van der Waals surface area contributed by atoms with E-state index in [9.17, 15) is 9.59 Å². The van der Waals surface area contributed by atoms with Gasteiger partial charge in [-0.2, -0.15) is 0 Å². The molecule has 0 radical (unpaired) electrons. The number of likely N-dealkylation sites (tertiary alicyclic amines) is 1. The molecule has 148 valence electrons. The number of rotatable bonds is 7. The highest BCUT2D eigenvalue weighted by atomic mass is 16.5. The first-order valence-electron chi connectivity index (χ1n) is 9.68. The Bertz CT molecular complexity index is 633. The molecule has 1 aromatic rings. The second-order valence-electron chi connectivity index (χ2n) is 6.39. The van der Waals surface area contributed by atoms with Crippen molar-refractivity contribution in [3.8, 4) is 0 Å². The Morgan fingerprint density at radius 1 is 1.22 bits per heavy atom. The Balaban J connectivity index is 1.87. The first kappa shape index (κ1) is 20.7. The van der Waals surface area contributed by atoms with Gasteiger partial charge in [0, 0.05) is 31.7 Å². The highest BCUT2D eigenvalue weighted by molar-refractivity contribution is 5.94. The molecule has 1 unspecified atom stereocenters. The van der Waals surface area contributed by atoms with E-state index in [1.807, 2.05) is 32.0 Å². The lowest BCUT2D eigenvalue weighted by Crippen LogP contribution is -2.48. The molecule has 7 nitrogen and oxygen atoms in total. The zero-order chi connectivity index (χ0) is 19.5. The summed E-state index contributed by atoms with van der Waals surface area (Å²) in [5.74, 6) is 0.435. The lowest BCUT2D eigenvalue weighted by molar-refractivity contribution is -0.149. The van der Waals surface area contributed by atoms with Crippen LogP contribution in [0.4, 0.5) is 0 Å². The van der Waals surface area contributed by atoms with E-state index in [-0.39, 0.29) is 17.8 Å². The van der Waals surface area contributed by atoms with E-state index in [0.29, 0.717) is 31.8 Å². The first-order valence-corrected chi connectivity index (χ1v) is 9.68. The molecule has 27 heavy (non-hydrogen) atoms. The number of carbonyl (C=O) groups is 2.